The van der Waals surface area contributed by atoms with E-state index in [-0.39, 0.29) is 23.4 Å². The van der Waals surface area contributed by atoms with E-state index in [2.05, 4.69) is 10.3 Å². The van der Waals surface area contributed by atoms with Crippen LogP contribution >= 0.6 is 0 Å². The van der Waals surface area contributed by atoms with Crippen molar-refractivity contribution < 1.29 is 14.5 Å². The molecule has 1 unspecified atom stereocenters. The number of carbonyl (C=O) groups excluding carboxylic acids is 1. The average Bonchev–Trinajstić information content (AvgIpc) is 2.66. The number of carbonyl (C=O) groups is 1. The number of benzene rings is 1. The van der Waals surface area contributed by atoms with Crippen molar-refractivity contribution in [2.45, 2.75) is 12.8 Å². The second kappa shape index (κ2) is 8.27. The number of aromatic amines is 1. The number of nitro groups is 1. The lowest BCUT2D eigenvalue weighted by molar-refractivity contribution is -0.384. The third-order valence-corrected chi connectivity index (χ3v) is 4.71. The van der Waals surface area contributed by atoms with Gasteiger partial charge in [-0.2, -0.15) is 0 Å². The highest BCUT2D eigenvalue weighted by molar-refractivity contribution is 5.94. The van der Waals surface area contributed by atoms with Crippen LogP contribution in [0, 0.1) is 10.1 Å². The quantitative estimate of drug-likeness (QED) is 0.435. The van der Waals surface area contributed by atoms with Crippen molar-refractivity contribution in [3.63, 3.8) is 0 Å². The maximum absolute atomic E-state index is 12.9. The lowest BCUT2D eigenvalue weighted by atomic mass is 9.81. The fraction of sp³-hybridized carbons (Fsp3) is 0.300. The van der Waals surface area contributed by atoms with Crippen molar-refractivity contribution in [3.05, 3.63) is 79.4 Å². The fourth-order valence-corrected chi connectivity index (χ4v) is 3.34. The first kappa shape index (κ1) is 20.3. The van der Waals surface area contributed by atoms with E-state index in [9.17, 15) is 19.7 Å². The topological polar surface area (TPSA) is 118 Å². The summed E-state index contributed by atoms with van der Waals surface area (Å²) in [4.78, 5) is 40.8. The molecule has 0 saturated carbocycles. The van der Waals surface area contributed by atoms with Crippen LogP contribution in [0.2, 0.25) is 0 Å². The Morgan fingerprint density at radius 3 is 2.76 bits per heavy atom. The molecule has 0 radical (unpaired) electrons. The van der Waals surface area contributed by atoms with Crippen LogP contribution in [0.15, 0.2) is 52.6 Å². The van der Waals surface area contributed by atoms with E-state index in [1.165, 1.54) is 24.4 Å². The zero-order chi connectivity index (χ0) is 21.1. The molecule has 0 spiro atoms. The second-order valence-corrected chi connectivity index (χ2v) is 7.02. The molecule has 1 aliphatic rings. The molecule has 29 heavy (non-hydrogen) atoms. The van der Waals surface area contributed by atoms with Crippen molar-refractivity contribution in [1.29, 1.82) is 0 Å². The van der Waals surface area contributed by atoms with Gasteiger partial charge in [-0.3, -0.25) is 14.9 Å². The molecule has 152 valence electrons. The Bertz CT molecular complexity index is 1040. The molecular formula is C20H22N4O5. The van der Waals surface area contributed by atoms with Crippen LogP contribution < -0.4 is 10.9 Å². The number of pyridine rings is 1. The predicted octanol–water partition coefficient (Wildman–Crippen LogP) is 2.22. The Morgan fingerprint density at radius 2 is 2.07 bits per heavy atom. The summed E-state index contributed by atoms with van der Waals surface area (Å²) in [5.74, 6) is -1.36. The van der Waals surface area contributed by atoms with Gasteiger partial charge in [0.15, 0.2) is 0 Å². The highest BCUT2D eigenvalue weighted by Gasteiger charge is 2.35. The smallest absolute Gasteiger partial charge is 0.336 e. The normalized spacial score (nSPS) is 15.7. The van der Waals surface area contributed by atoms with E-state index < -0.39 is 16.8 Å². The molecular weight excluding hydrogens is 376 g/mol. The maximum atomic E-state index is 12.9. The first-order valence-electron chi connectivity index (χ1n) is 9.05. The van der Waals surface area contributed by atoms with E-state index in [0.717, 1.165) is 0 Å². The number of allylic oxidation sites excluding steroid dienone is 1. The Labute approximate surface area is 167 Å². The Balaban J connectivity index is 2.11. The van der Waals surface area contributed by atoms with E-state index in [4.69, 9.17) is 4.74 Å². The minimum Gasteiger partial charge on any atom is -0.461 e. The van der Waals surface area contributed by atoms with Gasteiger partial charge in [-0.15, -0.1) is 0 Å². The standard InChI is InChI=1S/C20H22N4O5/c1-12-16(20(26)29-10-9-23(2)3)17(13-5-4-6-14(11-13)24(27)28)18-15(22-12)7-8-21-19(18)25/h4-8,11,17,22H,9-10H2,1-3H3,(H,21,25). The number of nitro benzene ring substituents is 1. The number of nitrogens with one attached hydrogen (secondary N) is 2. The van der Waals surface area contributed by atoms with E-state index in [0.29, 0.717) is 29.1 Å². The number of aromatic nitrogens is 1. The fourth-order valence-electron chi connectivity index (χ4n) is 3.34. The first-order chi connectivity index (χ1) is 13.8. The molecule has 2 N–H and O–H groups in total. The molecule has 2 heterocycles. The summed E-state index contributed by atoms with van der Waals surface area (Å²) in [6, 6.07) is 7.65. The summed E-state index contributed by atoms with van der Waals surface area (Å²) in [5, 5.41) is 14.3. The second-order valence-electron chi connectivity index (χ2n) is 7.02. The minimum absolute atomic E-state index is 0.118. The Morgan fingerprint density at radius 1 is 1.31 bits per heavy atom. The number of nitrogens with zero attached hydrogens (tertiary/aromatic N) is 2. The van der Waals surface area contributed by atoms with Gasteiger partial charge in [-0.1, -0.05) is 12.1 Å². The molecule has 9 heteroatoms. The molecule has 1 atom stereocenters. The van der Waals surface area contributed by atoms with Gasteiger partial charge in [-0.25, -0.2) is 4.79 Å². The number of hydrogen-bond donors (Lipinski definition) is 2. The molecule has 0 bridgehead atoms. The van der Waals surface area contributed by atoms with Gasteiger partial charge in [0.2, 0.25) is 0 Å². The van der Waals surface area contributed by atoms with Gasteiger partial charge in [-0.05, 0) is 32.6 Å². The van der Waals surface area contributed by atoms with Crippen molar-refractivity contribution in [3.8, 4) is 0 Å². The molecule has 0 aliphatic carbocycles. The number of hydrogen-bond acceptors (Lipinski definition) is 7. The van der Waals surface area contributed by atoms with Crippen molar-refractivity contribution >= 4 is 17.3 Å². The van der Waals surface area contributed by atoms with Crippen molar-refractivity contribution in [1.82, 2.24) is 9.88 Å². The minimum atomic E-state index is -0.789. The third kappa shape index (κ3) is 4.19. The van der Waals surface area contributed by atoms with E-state index >= 15 is 0 Å². The molecule has 9 nitrogen and oxygen atoms in total. The number of non-ortho nitro benzene ring substituents is 1. The van der Waals surface area contributed by atoms with Crippen molar-refractivity contribution in [2.75, 3.05) is 32.6 Å². The first-order valence-corrected chi connectivity index (χ1v) is 9.05. The number of likely N-dealkylation sites (N-methyl/N-ethyl adjacent to an activating group) is 1. The lowest BCUT2D eigenvalue weighted by Gasteiger charge is -2.29. The Kier molecular flexibility index (Phi) is 5.79. The zero-order valence-electron chi connectivity index (χ0n) is 16.4. The van der Waals surface area contributed by atoms with E-state index in [1.807, 2.05) is 19.0 Å². The van der Waals surface area contributed by atoms with Crippen LogP contribution in [0.25, 0.3) is 0 Å². The van der Waals surface area contributed by atoms with Crippen LogP contribution in [0.5, 0.6) is 0 Å². The van der Waals surface area contributed by atoms with Crippen LogP contribution in [0.1, 0.15) is 24.0 Å². The highest BCUT2D eigenvalue weighted by atomic mass is 16.6. The molecule has 2 aromatic rings. The lowest BCUT2D eigenvalue weighted by Crippen LogP contribution is -2.30. The molecule has 1 aromatic carbocycles. The number of esters is 1. The van der Waals surface area contributed by atoms with Crippen LogP contribution in [-0.4, -0.2) is 48.0 Å². The van der Waals surface area contributed by atoms with Gasteiger partial charge in [0.1, 0.15) is 6.61 Å². The predicted molar refractivity (Wildman–Crippen MR) is 108 cm³/mol. The van der Waals surface area contributed by atoms with Gasteiger partial charge >= 0.3 is 5.97 Å². The SMILES string of the molecule is CC1=C(C(=O)OCCN(C)C)C(c2cccc([N+](=O)[O-])c2)c2c(cc[nH]c2=O)N1. The molecule has 0 fully saturated rings. The van der Waals surface area contributed by atoms with Crippen LogP contribution in [-0.2, 0) is 9.53 Å². The summed E-state index contributed by atoms with van der Waals surface area (Å²) < 4.78 is 5.42. The monoisotopic (exact) mass is 398 g/mol. The summed E-state index contributed by atoms with van der Waals surface area (Å²) in [6.07, 6.45) is 1.51. The molecule has 3 rings (SSSR count). The molecule has 1 aliphatic heterocycles. The average molecular weight is 398 g/mol. The van der Waals surface area contributed by atoms with Gasteiger partial charge in [0.25, 0.3) is 11.2 Å². The number of rotatable bonds is 6. The van der Waals surface area contributed by atoms with Crippen LogP contribution in [0.3, 0.4) is 0 Å². The van der Waals surface area contributed by atoms with Gasteiger partial charge in [0, 0.05) is 36.3 Å². The molecule has 0 amide bonds. The Hall–Kier alpha value is -3.46. The number of ether oxygens (including phenoxy) is 1. The zero-order valence-corrected chi connectivity index (χ0v) is 16.4. The largest absolute Gasteiger partial charge is 0.461 e. The summed E-state index contributed by atoms with van der Waals surface area (Å²) in [7, 11) is 3.73. The van der Waals surface area contributed by atoms with Crippen LogP contribution in [0.4, 0.5) is 11.4 Å². The van der Waals surface area contributed by atoms with Gasteiger partial charge < -0.3 is 19.9 Å². The number of fused-ring (bicyclic) bond motifs is 1. The maximum Gasteiger partial charge on any atom is 0.336 e. The van der Waals surface area contributed by atoms with E-state index in [1.54, 1.807) is 19.1 Å². The van der Waals surface area contributed by atoms with Gasteiger partial charge in [0.05, 0.1) is 22.0 Å². The summed E-state index contributed by atoms with van der Waals surface area (Å²) in [5.41, 5.74) is 1.64. The summed E-state index contributed by atoms with van der Waals surface area (Å²) in [6.45, 7) is 2.45. The van der Waals surface area contributed by atoms with Crippen molar-refractivity contribution in [2.24, 2.45) is 0 Å². The number of anilines is 1. The third-order valence-electron chi connectivity index (χ3n) is 4.71. The highest BCUT2D eigenvalue weighted by Crippen LogP contribution is 2.40. The molecule has 1 aromatic heterocycles. The summed E-state index contributed by atoms with van der Waals surface area (Å²) >= 11 is 0. The number of H-pyrrole nitrogens is 1. The molecule has 0 saturated heterocycles.